The van der Waals surface area contributed by atoms with Crippen LogP contribution in [-0.4, -0.2) is 28.2 Å². The summed E-state index contributed by atoms with van der Waals surface area (Å²) in [5.41, 5.74) is 0.164. The number of halogens is 2. The molecule has 1 aliphatic heterocycles. The van der Waals surface area contributed by atoms with Crippen LogP contribution < -0.4 is 5.32 Å². The zero-order valence-corrected chi connectivity index (χ0v) is 14.7. The second-order valence-corrected chi connectivity index (χ2v) is 6.56. The second-order valence-electron chi connectivity index (χ2n) is 6.56. The summed E-state index contributed by atoms with van der Waals surface area (Å²) in [6, 6.07) is 4.29. The summed E-state index contributed by atoms with van der Waals surface area (Å²) in [5, 5.41) is 3.55. The van der Waals surface area contributed by atoms with Crippen LogP contribution in [0, 0.1) is 11.6 Å². The minimum absolute atomic E-state index is 0.0809. The molecule has 0 aliphatic carbocycles. The van der Waals surface area contributed by atoms with Crippen LogP contribution in [-0.2, 0) is 17.7 Å². The molecule has 0 spiro atoms. The smallest absolute Gasteiger partial charge is 0.139 e. The molecule has 0 unspecified atom stereocenters. The molecule has 0 radical (unpaired) electrons. The topological polar surface area (TPSA) is 39.1 Å². The van der Waals surface area contributed by atoms with Crippen molar-refractivity contribution in [3.05, 3.63) is 53.6 Å². The third kappa shape index (κ3) is 4.07. The van der Waals surface area contributed by atoms with Gasteiger partial charge in [-0.3, -0.25) is 0 Å². The Hall–Kier alpha value is -1.79. The van der Waals surface area contributed by atoms with Crippen molar-refractivity contribution in [2.75, 3.05) is 6.61 Å². The predicted octanol–water partition coefficient (Wildman–Crippen LogP) is 3.62. The van der Waals surface area contributed by atoms with Crippen LogP contribution in [0.1, 0.15) is 44.2 Å². The number of aromatic nitrogens is 2. The fraction of sp³-hybridized carbons (Fsp3) is 0.526. The van der Waals surface area contributed by atoms with Crippen LogP contribution in [0.25, 0.3) is 0 Å². The molecule has 0 saturated carbocycles. The molecule has 2 aromatic rings. The largest absolute Gasteiger partial charge is 0.369 e. The number of nitrogens with one attached hydrogen (secondary N) is 1. The summed E-state index contributed by atoms with van der Waals surface area (Å²) in [7, 11) is 0. The van der Waals surface area contributed by atoms with Crippen LogP contribution in [0.5, 0.6) is 0 Å². The van der Waals surface area contributed by atoms with E-state index < -0.39 is 11.6 Å². The monoisotopic (exact) mass is 349 g/mol. The first-order valence-electron chi connectivity index (χ1n) is 8.91. The van der Waals surface area contributed by atoms with Crippen molar-refractivity contribution in [3.63, 3.8) is 0 Å². The molecule has 1 aromatic heterocycles. The lowest BCUT2D eigenvalue weighted by molar-refractivity contribution is 0.0867. The first-order chi connectivity index (χ1) is 12.1. The molecule has 2 heterocycles. The van der Waals surface area contributed by atoms with Gasteiger partial charge in [0.2, 0.25) is 0 Å². The van der Waals surface area contributed by atoms with Gasteiger partial charge in [-0.1, -0.05) is 6.07 Å². The van der Waals surface area contributed by atoms with E-state index in [2.05, 4.69) is 21.8 Å². The van der Waals surface area contributed by atoms with Gasteiger partial charge in [-0.25, -0.2) is 13.8 Å². The van der Waals surface area contributed by atoms with E-state index in [4.69, 9.17) is 4.74 Å². The third-order valence-corrected chi connectivity index (χ3v) is 4.82. The van der Waals surface area contributed by atoms with Crippen molar-refractivity contribution in [1.29, 1.82) is 0 Å². The summed E-state index contributed by atoms with van der Waals surface area (Å²) < 4.78 is 35.5. The first kappa shape index (κ1) is 18.0. The molecule has 1 aromatic carbocycles. The van der Waals surface area contributed by atoms with E-state index in [-0.39, 0.29) is 23.8 Å². The molecule has 1 fully saturated rings. The lowest BCUT2D eigenvalue weighted by atomic mass is 10.0. The average molecular weight is 349 g/mol. The fourth-order valence-corrected chi connectivity index (χ4v) is 3.44. The number of nitrogens with zero attached hydrogens (tertiary/aromatic N) is 2. The number of imidazole rings is 1. The highest BCUT2D eigenvalue weighted by molar-refractivity contribution is 5.19. The summed E-state index contributed by atoms with van der Waals surface area (Å²) in [6.45, 7) is 5.66. The number of aryl methyl sites for hydroxylation is 1. The van der Waals surface area contributed by atoms with Crippen molar-refractivity contribution in [3.8, 4) is 0 Å². The Bertz CT molecular complexity index is 683. The fourth-order valence-electron chi connectivity index (χ4n) is 3.44. The molecular formula is C19H25F2N3O. The molecule has 1 saturated heterocycles. The summed E-state index contributed by atoms with van der Waals surface area (Å²) in [4.78, 5) is 4.44. The Morgan fingerprint density at radius 1 is 1.36 bits per heavy atom. The number of benzene rings is 1. The van der Waals surface area contributed by atoms with Crippen molar-refractivity contribution in [1.82, 2.24) is 14.9 Å². The normalized spacial score (nSPS) is 21.6. The van der Waals surface area contributed by atoms with Crippen molar-refractivity contribution in [2.45, 2.75) is 57.8 Å². The van der Waals surface area contributed by atoms with E-state index in [0.717, 1.165) is 18.8 Å². The van der Waals surface area contributed by atoms with E-state index >= 15 is 0 Å². The minimum Gasteiger partial charge on any atom is -0.369 e. The second kappa shape index (κ2) is 8.06. The highest BCUT2D eigenvalue weighted by atomic mass is 19.1. The molecule has 3 rings (SSSR count). The van der Waals surface area contributed by atoms with Gasteiger partial charge in [-0.2, -0.15) is 0 Å². The zero-order valence-electron chi connectivity index (χ0n) is 14.7. The number of ether oxygens (including phenoxy) is 1. The van der Waals surface area contributed by atoms with E-state index in [9.17, 15) is 8.78 Å². The van der Waals surface area contributed by atoms with Gasteiger partial charge >= 0.3 is 0 Å². The van der Waals surface area contributed by atoms with Gasteiger partial charge < -0.3 is 14.6 Å². The van der Waals surface area contributed by atoms with Crippen LogP contribution >= 0.6 is 0 Å². The predicted molar refractivity (Wildman–Crippen MR) is 92.3 cm³/mol. The zero-order chi connectivity index (χ0) is 17.8. The molecule has 0 bridgehead atoms. The van der Waals surface area contributed by atoms with Gasteiger partial charge in [0.05, 0.1) is 0 Å². The van der Waals surface area contributed by atoms with Crippen molar-refractivity contribution >= 4 is 0 Å². The van der Waals surface area contributed by atoms with Gasteiger partial charge in [-0.05, 0) is 45.2 Å². The van der Waals surface area contributed by atoms with Gasteiger partial charge in [0, 0.05) is 43.2 Å². The quantitative estimate of drug-likeness (QED) is 0.830. The Kier molecular flexibility index (Phi) is 5.81. The molecule has 136 valence electrons. The number of rotatable bonds is 7. The lowest BCUT2D eigenvalue weighted by Gasteiger charge is -2.24. The Morgan fingerprint density at radius 3 is 2.84 bits per heavy atom. The van der Waals surface area contributed by atoms with Gasteiger partial charge in [0.15, 0.2) is 0 Å². The van der Waals surface area contributed by atoms with Crippen LogP contribution in [0.4, 0.5) is 8.78 Å². The third-order valence-electron chi connectivity index (χ3n) is 4.82. The molecule has 1 aliphatic rings. The summed E-state index contributed by atoms with van der Waals surface area (Å²) in [6.07, 6.45) is 5.60. The maximum atomic E-state index is 13.7. The maximum absolute atomic E-state index is 13.7. The molecule has 1 N–H and O–H groups in total. The standard InChI is InChI=1S/C19H25F2N3O/c1-3-24-11-10-22-19(24)18-17(9-12-25-18)23-13(2)7-8-14-15(20)5-4-6-16(14)21/h4-6,10-11,13,17-18,23H,3,7-9,12H2,1-2H3/t13-,17-,18-/m0/s1. The maximum Gasteiger partial charge on any atom is 0.139 e. The molecular weight excluding hydrogens is 324 g/mol. The van der Waals surface area contributed by atoms with Crippen molar-refractivity contribution < 1.29 is 13.5 Å². The Balaban J connectivity index is 1.59. The van der Waals surface area contributed by atoms with Gasteiger partial charge in [0.25, 0.3) is 0 Å². The molecule has 3 atom stereocenters. The molecule has 4 nitrogen and oxygen atoms in total. The van der Waals surface area contributed by atoms with E-state index in [1.54, 1.807) is 6.20 Å². The minimum atomic E-state index is -0.473. The SMILES string of the molecule is CCn1ccnc1[C@H]1OCC[C@@H]1N[C@@H](C)CCc1c(F)cccc1F. The highest BCUT2D eigenvalue weighted by Crippen LogP contribution is 2.29. The highest BCUT2D eigenvalue weighted by Gasteiger charge is 2.33. The number of hydrogen-bond acceptors (Lipinski definition) is 3. The number of hydrogen-bond donors (Lipinski definition) is 1. The van der Waals surface area contributed by atoms with Gasteiger partial charge in [0.1, 0.15) is 23.6 Å². The van der Waals surface area contributed by atoms with Crippen molar-refractivity contribution in [2.24, 2.45) is 0 Å². The summed E-state index contributed by atoms with van der Waals surface area (Å²) in [5.74, 6) is -0.0108. The average Bonchev–Trinajstić information content (AvgIpc) is 3.22. The Morgan fingerprint density at radius 2 is 2.12 bits per heavy atom. The lowest BCUT2D eigenvalue weighted by Crippen LogP contribution is -2.39. The molecule has 0 amide bonds. The van der Waals surface area contributed by atoms with E-state index in [1.165, 1.54) is 18.2 Å². The Labute approximate surface area is 147 Å². The van der Waals surface area contributed by atoms with E-state index in [0.29, 0.717) is 19.4 Å². The van der Waals surface area contributed by atoms with E-state index in [1.807, 2.05) is 13.1 Å². The summed E-state index contributed by atoms with van der Waals surface area (Å²) >= 11 is 0. The van der Waals surface area contributed by atoms with Gasteiger partial charge in [-0.15, -0.1) is 0 Å². The first-order valence-corrected chi connectivity index (χ1v) is 8.91. The van der Waals surface area contributed by atoms with Crippen LogP contribution in [0.2, 0.25) is 0 Å². The molecule has 6 heteroatoms. The van der Waals surface area contributed by atoms with Crippen LogP contribution in [0.15, 0.2) is 30.6 Å². The van der Waals surface area contributed by atoms with Crippen LogP contribution in [0.3, 0.4) is 0 Å². The molecule has 25 heavy (non-hydrogen) atoms.